The van der Waals surface area contributed by atoms with E-state index in [0.717, 1.165) is 6.07 Å². The van der Waals surface area contributed by atoms with Gasteiger partial charge in [0.2, 0.25) is 0 Å². The number of nitrogens with zero attached hydrogens (tertiary/aromatic N) is 1. The number of rotatable bonds is 3. The third-order valence-corrected chi connectivity index (χ3v) is 2.81. The van der Waals surface area contributed by atoms with Crippen molar-refractivity contribution in [2.45, 2.75) is 6.92 Å². The van der Waals surface area contributed by atoms with Crippen LogP contribution in [0.15, 0.2) is 30.5 Å². The zero-order chi connectivity index (χ0) is 14.7. The first kappa shape index (κ1) is 13.9. The van der Waals surface area contributed by atoms with E-state index in [1.165, 1.54) is 25.3 Å². The fraction of sp³-hybridized carbons (Fsp3) is 0.143. The van der Waals surface area contributed by atoms with Gasteiger partial charge in [-0.25, -0.2) is 13.8 Å². The summed E-state index contributed by atoms with van der Waals surface area (Å²) in [6.45, 7) is 1.49. The second-order valence-electron chi connectivity index (χ2n) is 4.16. The molecule has 1 aromatic heterocycles. The van der Waals surface area contributed by atoms with Crippen molar-refractivity contribution in [1.82, 2.24) is 4.98 Å². The van der Waals surface area contributed by atoms with Crippen LogP contribution in [0.5, 0.6) is 0 Å². The van der Waals surface area contributed by atoms with E-state index in [0.29, 0.717) is 5.82 Å². The van der Waals surface area contributed by atoms with Crippen molar-refractivity contribution < 1.29 is 13.6 Å². The molecular formula is C14H13F2N3O. The summed E-state index contributed by atoms with van der Waals surface area (Å²) in [7, 11) is 1.60. The number of amides is 1. The Kier molecular flexibility index (Phi) is 3.93. The molecule has 2 rings (SSSR count). The molecule has 6 heteroatoms. The number of benzene rings is 1. The minimum atomic E-state index is -0.823. The molecule has 2 N–H and O–H groups in total. The van der Waals surface area contributed by atoms with Crippen LogP contribution in [0.1, 0.15) is 15.9 Å². The van der Waals surface area contributed by atoms with E-state index in [4.69, 9.17) is 0 Å². The number of hydrogen-bond acceptors (Lipinski definition) is 3. The summed E-state index contributed by atoms with van der Waals surface area (Å²) in [5.74, 6) is -1.91. The molecule has 0 aliphatic carbocycles. The average Bonchev–Trinajstić information content (AvgIpc) is 2.47. The normalized spacial score (nSPS) is 10.2. The van der Waals surface area contributed by atoms with Crippen molar-refractivity contribution in [3.8, 4) is 0 Å². The Morgan fingerprint density at radius 1 is 1.25 bits per heavy atom. The third kappa shape index (κ3) is 2.59. The Balaban J connectivity index is 2.35. The molecule has 0 radical (unpaired) electrons. The Bertz CT molecular complexity index is 659. The van der Waals surface area contributed by atoms with Gasteiger partial charge in [-0.15, -0.1) is 0 Å². The van der Waals surface area contributed by atoms with E-state index in [9.17, 15) is 13.6 Å². The van der Waals surface area contributed by atoms with Gasteiger partial charge in [-0.1, -0.05) is 6.07 Å². The Labute approximate surface area is 114 Å². The molecule has 1 heterocycles. The van der Waals surface area contributed by atoms with Crippen LogP contribution in [-0.4, -0.2) is 17.9 Å². The first-order chi connectivity index (χ1) is 9.54. The SMILES string of the molecule is CNc1ncccc1C(=O)Nc1c(F)ccc(C)c1F. The largest absolute Gasteiger partial charge is 0.372 e. The summed E-state index contributed by atoms with van der Waals surface area (Å²) in [6, 6.07) is 5.50. The molecule has 0 atom stereocenters. The standard InChI is InChI=1S/C14H13F2N3O/c1-8-5-6-10(15)12(11(8)16)19-14(20)9-4-3-7-18-13(9)17-2/h3-7H,1-2H3,(H,17,18)(H,19,20). The van der Waals surface area contributed by atoms with Gasteiger partial charge < -0.3 is 10.6 Å². The van der Waals surface area contributed by atoms with Crippen LogP contribution in [0, 0.1) is 18.6 Å². The van der Waals surface area contributed by atoms with Gasteiger partial charge in [-0.05, 0) is 30.7 Å². The predicted molar refractivity (Wildman–Crippen MR) is 72.8 cm³/mol. The highest BCUT2D eigenvalue weighted by Gasteiger charge is 2.17. The smallest absolute Gasteiger partial charge is 0.259 e. The molecule has 0 fully saturated rings. The maximum Gasteiger partial charge on any atom is 0.259 e. The molecular weight excluding hydrogens is 264 g/mol. The van der Waals surface area contributed by atoms with Crippen LogP contribution in [0.4, 0.5) is 20.3 Å². The summed E-state index contributed by atoms with van der Waals surface area (Å²) in [6.07, 6.45) is 1.51. The maximum absolute atomic E-state index is 13.8. The van der Waals surface area contributed by atoms with Crippen LogP contribution in [0.25, 0.3) is 0 Å². The van der Waals surface area contributed by atoms with E-state index in [1.54, 1.807) is 13.1 Å². The molecule has 0 spiro atoms. The van der Waals surface area contributed by atoms with Crippen LogP contribution < -0.4 is 10.6 Å². The number of nitrogens with one attached hydrogen (secondary N) is 2. The lowest BCUT2D eigenvalue weighted by Crippen LogP contribution is -2.17. The Hall–Kier alpha value is -2.50. The maximum atomic E-state index is 13.8. The lowest BCUT2D eigenvalue weighted by atomic mass is 10.1. The molecule has 0 saturated heterocycles. The van der Waals surface area contributed by atoms with Crippen LogP contribution in [0.2, 0.25) is 0 Å². The summed E-state index contributed by atoms with van der Waals surface area (Å²) in [5, 5.41) is 4.98. The number of aromatic nitrogens is 1. The molecule has 0 aliphatic rings. The molecule has 1 amide bonds. The van der Waals surface area contributed by atoms with Gasteiger partial charge in [0.15, 0.2) is 5.82 Å². The fourth-order valence-electron chi connectivity index (χ4n) is 1.74. The van der Waals surface area contributed by atoms with Gasteiger partial charge in [0.05, 0.1) is 5.56 Å². The molecule has 4 nitrogen and oxygen atoms in total. The number of aryl methyl sites for hydroxylation is 1. The van der Waals surface area contributed by atoms with Crippen molar-refractivity contribution in [2.75, 3.05) is 17.7 Å². The molecule has 0 aliphatic heterocycles. The molecule has 104 valence electrons. The number of carbonyl (C=O) groups is 1. The van der Waals surface area contributed by atoms with Gasteiger partial charge in [-0.2, -0.15) is 0 Å². The van der Waals surface area contributed by atoms with Crippen LogP contribution in [0.3, 0.4) is 0 Å². The quantitative estimate of drug-likeness (QED) is 0.907. The minimum Gasteiger partial charge on any atom is -0.372 e. The van der Waals surface area contributed by atoms with Gasteiger partial charge in [-0.3, -0.25) is 4.79 Å². The van der Waals surface area contributed by atoms with Crippen molar-refractivity contribution in [3.05, 3.63) is 53.2 Å². The first-order valence-corrected chi connectivity index (χ1v) is 5.93. The monoisotopic (exact) mass is 277 g/mol. The topological polar surface area (TPSA) is 54.0 Å². The number of pyridine rings is 1. The van der Waals surface area contributed by atoms with E-state index in [-0.39, 0.29) is 11.1 Å². The summed E-state index contributed by atoms with van der Waals surface area (Å²) in [5.41, 5.74) is -0.00191. The van der Waals surface area contributed by atoms with E-state index >= 15 is 0 Å². The molecule has 1 aromatic carbocycles. The number of carbonyl (C=O) groups excluding carboxylic acids is 1. The zero-order valence-electron chi connectivity index (χ0n) is 11.0. The minimum absolute atomic E-state index is 0.204. The molecule has 2 aromatic rings. The first-order valence-electron chi connectivity index (χ1n) is 5.93. The molecule has 0 unspecified atom stereocenters. The highest BCUT2D eigenvalue weighted by Crippen LogP contribution is 2.23. The van der Waals surface area contributed by atoms with E-state index in [2.05, 4.69) is 15.6 Å². The second-order valence-corrected chi connectivity index (χ2v) is 4.16. The molecule has 20 heavy (non-hydrogen) atoms. The van der Waals surface area contributed by atoms with Crippen molar-refractivity contribution >= 4 is 17.4 Å². The lowest BCUT2D eigenvalue weighted by molar-refractivity contribution is 0.102. The van der Waals surface area contributed by atoms with E-state index < -0.39 is 23.2 Å². The predicted octanol–water partition coefficient (Wildman–Crippen LogP) is 2.96. The van der Waals surface area contributed by atoms with Gasteiger partial charge in [0.25, 0.3) is 5.91 Å². The average molecular weight is 277 g/mol. The highest BCUT2D eigenvalue weighted by atomic mass is 19.1. The lowest BCUT2D eigenvalue weighted by Gasteiger charge is -2.11. The molecule has 0 bridgehead atoms. The van der Waals surface area contributed by atoms with Crippen LogP contribution in [-0.2, 0) is 0 Å². The van der Waals surface area contributed by atoms with Crippen molar-refractivity contribution in [2.24, 2.45) is 0 Å². The van der Waals surface area contributed by atoms with E-state index in [1.807, 2.05) is 0 Å². The Morgan fingerprint density at radius 2 is 2.00 bits per heavy atom. The van der Waals surface area contributed by atoms with Gasteiger partial charge in [0, 0.05) is 13.2 Å². The second kappa shape index (κ2) is 5.64. The van der Waals surface area contributed by atoms with Gasteiger partial charge in [0.1, 0.15) is 17.3 Å². The Morgan fingerprint density at radius 3 is 2.70 bits per heavy atom. The summed E-state index contributed by atoms with van der Waals surface area (Å²) < 4.78 is 27.4. The number of halogens is 2. The summed E-state index contributed by atoms with van der Waals surface area (Å²) in [4.78, 5) is 16.0. The zero-order valence-corrected chi connectivity index (χ0v) is 11.0. The van der Waals surface area contributed by atoms with Crippen molar-refractivity contribution in [3.63, 3.8) is 0 Å². The highest BCUT2D eigenvalue weighted by molar-refractivity contribution is 6.07. The molecule has 0 saturated carbocycles. The summed E-state index contributed by atoms with van der Waals surface area (Å²) >= 11 is 0. The van der Waals surface area contributed by atoms with Crippen molar-refractivity contribution in [1.29, 1.82) is 0 Å². The third-order valence-electron chi connectivity index (χ3n) is 2.81. The van der Waals surface area contributed by atoms with Gasteiger partial charge >= 0.3 is 0 Å². The fourth-order valence-corrected chi connectivity index (χ4v) is 1.74. The number of anilines is 2. The number of hydrogen-bond donors (Lipinski definition) is 2. The van der Waals surface area contributed by atoms with Crippen LogP contribution >= 0.6 is 0 Å².